The average molecular weight is 299 g/mol. The summed E-state index contributed by atoms with van der Waals surface area (Å²) in [6.07, 6.45) is 0. The Kier molecular flexibility index (Phi) is 6.45. The van der Waals surface area contributed by atoms with Crippen LogP contribution in [-0.2, 0) is 16.8 Å². The summed E-state index contributed by atoms with van der Waals surface area (Å²) >= 11 is 0. The topological polar surface area (TPSA) is 70.2 Å². The van der Waals surface area contributed by atoms with Gasteiger partial charge in [0.05, 0.1) is 5.69 Å². The number of benzene rings is 1. The van der Waals surface area contributed by atoms with Crippen molar-refractivity contribution in [3.8, 4) is 0 Å². The van der Waals surface area contributed by atoms with Crippen molar-refractivity contribution in [2.75, 3.05) is 11.3 Å². The second-order valence-electron chi connectivity index (χ2n) is 5.58. The zero-order valence-corrected chi connectivity index (χ0v) is 13.4. The summed E-state index contributed by atoms with van der Waals surface area (Å²) in [5.41, 5.74) is 1.62. The predicted octanol–water partition coefficient (Wildman–Crippen LogP) is 2.09. The van der Waals surface area contributed by atoms with Crippen LogP contribution < -0.4 is 14.8 Å². The van der Waals surface area contributed by atoms with Crippen LogP contribution in [0.2, 0.25) is 0 Å². The molecule has 20 heavy (non-hydrogen) atoms. The van der Waals surface area contributed by atoms with Crippen LogP contribution in [0.5, 0.6) is 0 Å². The molecule has 0 bridgehead atoms. The normalized spacial score (nSPS) is 12.1. The SMILES string of the molecule is CC(C)CNS(=O)(=O)Nc1cccc(CNC(C)C)c1. The van der Waals surface area contributed by atoms with Crippen molar-refractivity contribution in [1.29, 1.82) is 0 Å². The molecule has 5 nitrogen and oxygen atoms in total. The molecule has 0 spiro atoms. The lowest BCUT2D eigenvalue weighted by Gasteiger charge is -2.12. The summed E-state index contributed by atoms with van der Waals surface area (Å²) < 4.78 is 28.7. The van der Waals surface area contributed by atoms with E-state index < -0.39 is 10.2 Å². The highest BCUT2D eigenvalue weighted by Gasteiger charge is 2.10. The molecule has 0 aliphatic heterocycles. The number of anilines is 1. The molecule has 6 heteroatoms. The molecule has 0 aliphatic carbocycles. The molecule has 0 aromatic heterocycles. The van der Waals surface area contributed by atoms with E-state index in [4.69, 9.17) is 0 Å². The zero-order chi connectivity index (χ0) is 15.2. The average Bonchev–Trinajstić information content (AvgIpc) is 2.34. The molecular weight excluding hydrogens is 274 g/mol. The van der Waals surface area contributed by atoms with Gasteiger partial charge < -0.3 is 5.32 Å². The molecule has 0 amide bonds. The van der Waals surface area contributed by atoms with Crippen LogP contribution in [0.1, 0.15) is 33.3 Å². The van der Waals surface area contributed by atoms with Crippen LogP contribution in [-0.4, -0.2) is 21.0 Å². The second kappa shape index (κ2) is 7.61. The quantitative estimate of drug-likeness (QED) is 0.688. The Morgan fingerprint density at radius 2 is 1.85 bits per heavy atom. The minimum absolute atomic E-state index is 0.271. The van der Waals surface area contributed by atoms with Crippen molar-refractivity contribution in [3.63, 3.8) is 0 Å². The van der Waals surface area contributed by atoms with E-state index >= 15 is 0 Å². The summed E-state index contributed by atoms with van der Waals surface area (Å²) in [5.74, 6) is 0.271. The van der Waals surface area contributed by atoms with Crippen molar-refractivity contribution in [2.24, 2.45) is 5.92 Å². The highest BCUT2D eigenvalue weighted by molar-refractivity contribution is 7.90. The molecule has 0 radical (unpaired) electrons. The van der Waals surface area contributed by atoms with E-state index in [2.05, 4.69) is 28.6 Å². The number of nitrogens with one attached hydrogen (secondary N) is 3. The molecule has 1 aromatic carbocycles. The van der Waals surface area contributed by atoms with Crippen LogP contribution >= 0.6 is 0 Å². The molecule has 0 fully saturated rings. The Labute approximate surface area is 122 Å². The third kappa shape index (κ3) is 6.88. The predicted molar refractivity (Wildman–Crippen MR) is 83.8 cm³/mol. The lowest BCUT2D eigenvalue weighted by Crippen LogP contribution is -2.32. The number of rotatable bonds is 8. The molecule has 114 valence electrons. The fourth-order valence-electron chi connectivity index (χ4n) is 1.53. The molecule has 0 heterocycles. The third-order valence-corrected chi connectivity index (χ3v) is 3.63. The Hall–Kier alpha value is -1.11. The highest BCUT2D eigenvalue weighted by atomic mass is 32.2. The van der Waals surface area contributed by atoms with Crippen molar-refractivity contribution in [3.05, 3.63) is 29.8 Å². The minimum atomic E-state index is -3.50. The molecule has 0 aliphatic rings. The van der Waals surface area contributed by atoms with Crippen LogP contribution in [0.15, 0.2) is 24.3 Å². The van der Waals surface area contributed by atoms with Crippen molar-refractivity contribution in [1.82, 2.24) is 10.0 Å². The zero-order valence-electron chi connectivity index (χ0n) is 12.6. The molecule has 1 rings (SSSR count). The number of hydrogen-bond acceptors (Lipinski definition) is 3. The van der Waals surface area contributed by atoms with E-state index in [9.17, 15) is 8.42 Å². The Morgan fingerprint density at radius 3 is 2.45 bits per heavy atom. The largest absolute Gasteiger partial charge is 0.310 e. The molecule has 1 aromatic rings. The van der Waals surface area contributed by atoms with E-state index in [1.54, 1.807) is 6.07 Å². The van der Waals surface area contributed by atoms with Gasteiger partial charge in [0.2, 0.25) is 0 Å². The minimum Gasteiger partial charge on any atom is -0.310 e. The first-order valence-corrected chi connectivity index (χ1v) is 8.36. The van der Waals surface area contributed by atoms with Gasteiger partial charge in [-0.25, -0.2) is 0 Å². The van der Waals surface area contributed by atoms with Gasteiger partial charge in [-0.2, -0.15) is 13.1 Å². The van der Waals surface area contributed by atoms with Crippen molar-refractivity contribution >= 4 is 15.9 Å². The first kappa shape index (κ1) is 16.9. The standard InChI is InChI=1S/C14H25N3O2S/c1-11(2)9-16-20(18,19)17-14-7-5-6-13(8-14)10-15-12(3)4/h5-8,11-12,15-17H,9-10H2,1-4H3. The smallest absolute Gasteiger partial charge is 0.299 e. The van der Waals surface area contributed by atoms with Crippen molar-refractivity contribution < 1.29 is 8.42 Å². The molecule has 0 saturated carbocycles. The van der Waals surface area contributed by atoms with Gasteiger partial charge in [0.15, 0.2) is 0 Å². The van der Waals surface area contributed by atoms with E-state index in [-0.39, 0.29) is 5.92 Å². The summed E-state index contributed by atoms with van der Waals surface area (Å²) in [6, 6.07) is 7.78. The van der Waals surface area contributed by atoms with Gasteiger partial charge in [-0.05, 0) is 23.6 Å². The van der Waals surface area contributed by atoms with Gasteiger partial charge in [0, 0.05) is 19.1 Å². The summed E-state index contributed by atoms with van der Waals surface area (Å²) in [5, 5.41) is 3.30. The molecule has 0 atom stereocenters. The maximum atomic E-state index is 11.8. The van der Waals surface area contributed by atoms with Crippen LogP contribution in [0.4, 0.5) is 5.69 Å². The second-order valence-corrected chi connectivity index (χ2v) is 7.08. The van der Waals surface area contributed by atoms with Gasteiger partial charge in [-0.3, -0.25) is 4.72 Å². The van der Waals surface area contributed by atoms with Gasteiger partial charge in [0.25, 0.3) is 10.2 Å². The maximum absolute atomic E-state index is 11.8. The van der Waals surface area contributed by atoms with Crippen LogP contribution in [0.3, 0.4) is 0 Å². The van der Waals surface area contributed by atoms with Gasteiger partial charge in [0.1, 0.15) is 0 Å². The van der Waals surface area contributed by atoms with Gasteiger partial charge in [-0.15, -0.1) is 0 Å². The van der Waals surface area contributed by atoms with Gasteiger partial charge in [-0.1, -0.05) is 39.8 Å². The Morgan fingerprint density at radius 1 is 1.15 bits per heavy atom. The highest BCUT2D eigenvalue weighted by Crippen LogP contribution is 2.12. The number of hydrogen-bond donors (Lipinski definition) is 3. The monoisotopic (exact) mass is 299 g/mol. The van der Waals surface area contributed by atoms with E-state index in [1.807, 2.05) is 32.0 Å². The van der Waals surface area contributed by atoms with E-state index in [0.29, 0.717) is 24.8 Å². The third-order valence-electron chi connectivity index (χ3n) is 2.58. The van der Waals surface area contributed by atoms with Crippen molar-refractivity contribution in [2.45, 2.75) is 40.3 Å². The van der Waals surface area contributed by atoms with E-state index in [0.717, 1.165) is 5.56 Å². The summed E-state index contributed by atoms with van der Waals surface area (Å²) in [7, 11) is -3.50. The van der Waals surface area contributed by atoms with Gasteiger partial charge >= 0.3 is 0 Å². The fraction of sp³-hybridized carbons (Fsp3) is 0.571. The Bertz CT molecular complexity index is 513. The molecule has 0 unspecified atom stereocenters. The first-order chi connectivity index (χ1) is 9.28. The lowest BCUT2D eigenvalue weighted by molar-refractivity contribution is 0.565. The molecule has 3 N–H and O–H groups in total. The molecular formula is C14H25N3O2S. The van der Waals surface area contributed by atoms with E-state index in [1.165, 1.54) is 0 Å². The Balaban J connectivity index is 2.65. The molecule has 0 saturated heterocycles. The lowest BCUT2D eigenvalue weighted by atomic mass is 10.2. The maximum Gasteiger partial charge on any atom is 0.299 e. The summed E-state index contributed by atoms with van der Waals surface area (Å²) in [6.45, 7) is 9.20. The first-order valence-electron chi connectivity index (χ1n) is 6.88. The van der Waals surface area contributed by atoms with Crippen LogP contribution in [0.25, 0.3) is 0 Å². The van der Waals surface area contributed by atoms with Crippen LogP contribution in [0, 0.1) is 5.92 Å². The summed E-state index contributed by atoms with van der Waals surface area (Å²) in [4.78, 5) is 0. The fourth-order valence-corrected chi connectivity index (χ4v) is 2.60.